The van der Waals surface area contributed by atoms with E-state index in [9.17, 15) is 9.59 Å². The minimum absolute atomic E-state index is 0.209. The van der Waals surface area contributed by atoms with E-state index < -0.39 is 0 Å². The van der Waals surface area contributed by atoms with Crippen molar-refractivity contribution < 1.29 is 9.59 Å². The lowest BCUT2D eigenvalue weighted by Gasteiger charge is -2.09. The molecule has 3 heterocycles. The van der Waals surface area contributed by atoms with Crippen LogP contribution >= 0.6 is 23.3 Å². The molecule has 5 rings (SSSR count). The van der Waals surface area contributed by atoms with E-state index in [2.05, 4.69) is 21.7 Å². The number of fused-ring (bicyclic) bond motifs is 2. The average molecular weight is 458 g/mol. The predicted molar refractivity (Wildman–Crippen MR) is 124 cm³/mol. The molecule has 0 aliphatic carbocycles. The van der Waals surface area contributed by atoms with Gasteiger partial charge in [0.15, 0.2) is 0 Å². The summed E-state index contributed by atoms with van der Waals surface area (Å²) >= 11 is 2.91. The van der Waals surface area contributed by atoms with Gasteiger partial charge in [-0.2, -0.15) is 5.26 Å². The van der Waals surface area contributed by atoms with Crippen molar-refractivity contribution in [3.8, 4) is 16.6 Å². The van der Waals surface area contributed by atoms with Gasteiger partial charge in [0.25, 0.3) is 11.8 Å². The first kappa shape index (κ1) is 20.1. The number of rotatable bonds is 4. The summed E-state index contributed by atoms with van der Waals surface area (Å²) in [4.78, 5) is 31.3. The summed E-state index contributed by atoms with van der Waals surface area (Å²) in [5.41, 5.74) is 3.16. The first-order valence-corrected chi connectivity index (χ1v) is 11.2. The standard InChI is InChI=1S/C23H15N5O2S2/c24-11-14-3-5-15(6-4-14)23-26-13-17(31-23)12-25-21(29)16-7-8-20-18(10-16)27-22(30)19-2-1-9-28(19)32-20/h1-10,13H,12H2,(H,25,29)(H,27,30). The number of aromatic nitrogens is 2. The third-order valence-corrected chi connectivity index (χ3v) is 6.98. The molecule has 2 aromatic heterocycles. The number of amides is 2. The smallest absolute Gasteiger partial charge is 0.273 e. The third kappa shape index (κ3) is 3.89. The Morgan fingerprint density at radius 2 is 2.03 bits per heavy atom. The van der Waals surface area contributed by atoms with Crippen LogP contribution in [-0.4, -0.2) is 20.8 Å². The van der Waals surface area contributed by atoms with Crippen LogP contribution < -0.4 is 10.6 Å². The molecule has 9 heteroatoms. The van der Waals surface area contributed by atoms with Gasteiger partial charge in [-0.25, -0.2) is 4.98 Å². The molecule has 0 saturated carbocycles. The lowest BCUT2D eigenvalue weighted by atomic mass is 10.1. The molecule has 1 aliphatic heterocycles. The zero-order chi connectivity index (χ0) is 22.1. The van der Waals surface area contributed by atoms with E-state index in [0.717, 1.165) is 20.3 Å². The Morgan fingerprint density at radius 1 is 1.19 bits per heavy atom. The summed E-state index contributed by atoms with van der Waals surface area (Å²) in [6, 6.07) is 18.2. The highest BCUT2D eigenvalue weighted by Crippen LogP contribution is 2.34. The fourth-order valence-corrected chi connectivity index (χ4v) is 5.02. The Hall–Kier alpha value is -3.87. The van der Waals surface area contributed by atoms with Crippen molar-refractivity contribution in [2.24, 2.45) is 0 Å². The number of nitrogens with zero attached hydrogens (tertiary/aromatic N) is 3. The van der Waals surface area contributed by atoms with E-state index in [0.29, 0.717) is 29.1 Å². The Balaban J connectivity index is 1.27. The molecule has 0 radical (unpaired) electrons. The van der Waals surface area contributed by atoms with E-state index in [4.69, 9.17) is 5.26 Å². The molecular formula is C23H15N5O2S2. The second-order valence-corrected chi connectivity index (χ2v) is 9.11. The first-order valence-electron chi connectivity index (χ1n) is 9.65. The zero-order valence-corrected chi connectivity index (χ0v) is 18.2. The fraction of sp³-hybridized carbons (Fsp3) is 0.0435. The topological polar surface area (TPSA) is 99.8 Å². The molecule has 2 N–H and O–H groups in total. The number of carbonyl (C=O) groups is 2. The van der Waals surface area contributed by atoms with E-state index in [1.165, 1.54) is 23.3 Å². The highest BCUT2D eigenvalue weighted by molar-refractivity contribution is 7.98. The van der Waals surface area contributed by atoms with Crippen molar-refractivity contribution in [3.05, 3.63) is 88.7 Å². The molecule has 1 aliphatic rings. The van der Waals surface area contributed by atoms with Gasteiger partial charge in [0, 0.05) is 28.4 Å². The highest BCUT2D eigenvalue weighted by Gasteiger charge is 2.20. The lowest BCUT2D eigenvalue weighted by molar-refractivity contribution is 0.0949. The molecule has 0 fully saturated rings. The van der Waals surface area contributed by atoms with Crippen LogP contribution in [0.4, 0.5) is 5.69 Å². The zero-order valence-electron chi connectivity index (χ0n) is 16.5. The fourth-order valence-electron chi connectivity index (χ4n) is 3.24. The molecule has 0 saturated heterocycles. The van der Waals surface area contributed by atoms with E-state index in [-0.39, 0.29) is 11.8 Å². The van der Waals surface area contributed by atoms with Gasteiger partial charge in [-0.15, -0.1) is 11.3 Å². The number of hydrogen-bond donors (Lipinski definition) is 2. The summed E-state index contributed by atoms with van der Waals surface area (Å²) in [5, 5.41) is 15.5. The summed E-state index contributed by atoms with van der Waals surface area (Å²) in [6.45, 7) is 0.344. The number of anilines is 1. The van der Waals surface area contributed by atoms with Gasteiger partial charge in [-0.3, -0.25) is 13.6 Å². The van der Waals surface area contributed by atoms with Crippen LogP contribution in [0.25, 0.3) is 10.6 Å². The van der Waals surface area contributed by atoms with E-state index >= 15 is 0 Å². The lowest BCUT2D eigenvalue weighted by Crippen LogP contribution is -2.22. The molecule has 0 bridgehead atoms. The second-order valence-electron chi connectivity index (χ2n) is 6.98. The molecule has 156 valence electrons. The minimum atomic E-state index is -0.232. The van der Waals surface area contributed by atoms with Crippen molar-refractivity contribution in [1.82, 2.24) is 14.3 Å². The number of nitriles is 1. The van der Waals surface area contributed by atoms with E-state index in [1.807, 2.05) is 30.5 Å². The van der Waals surface area contributed by atoms with Gasteiger partial charge < -0.3 is 10.6 Å². The Kier molecular flexibility index (Phi) is 5.23. The molecule has 0 atom stereocenters. The summed E-state index contributed by atoms with van der Waals surface area (Å²) < 4.78 is 1.80. The van der Waals surface area contributed by atoms with Crippen molar-refractivity contribution in [2.75, 3.05) is 5.32 Å². The van der Waals surface area contributed by atoms with Gasteiger partial charge >= 0.3 is 0 Å². The molecule has 2 amide bonds. The maximum atomic E-state index is 12.7. The molecule has 32 heavy (non-hydrogen) atoms. The van der Waals surface area contributed by atoms with Crippen LogP contribution in [-0.2, 0) is 6.54 Å². The van der Waals surface area contributed by atoms with E-state index in [1.54, 1.807) is 40.5 Å². The van der Waals surface area contributed by atoms with Crippen LogP contribution in [0.2, 0.25) is 0 Å². The SMILES string of the molecule is N#Cc1ccc(-c2ncc(CNC(=O)c3ccc4c(c3)NC(=O)c3cccn3S4)s2)cc1. The highest BCUT2D eigenvalue weighted by atomic mass is 32.2. The van der Waals surface area contributed by atoms with Gasteiger partial charge in [0.1, 0.15) is 10.7 Å². The monoisotopic (exact) mass is 457 g/mol. The largest absolute Gasteiger partial charge is 0.347 e. The minimum Gasteiger partial charge on any atom is -0.347 e. The van der Waals surface area contributed by atoms with Gasteiger partial charge in [0.2, 0.25) is 0 Å². The van der Waals surface area contributed by atoms with Crippen LogP contribution in [0.1, 0.15) is 31.3 Å². The number of carbonyl (C=O) groups excluding carboxylic acids is 2. The molecular weight excluding hydrogens is 442 g/mol. The predicted octanol–water partition coefficient (Wildman–Crippen LogP) is 4.53. The van der Waals surface area contributed by atoms with Crippen molar-refractivity contribution in [2.45, 2.75) is 11.4 Å². The Bertz CT molecular complexity index is 1380. The quantitative estimate of drug-likeness (QED) is 0.469. The number of benzene rings is 2. The van der Waals surface area contributed by atoms with Crippen LogP contribution in [0.5, 0.6) is 0 Å². The molecule has 4 aromatic rings. The second kappa shape index (κ2) is 8.34. The van der Waals surface area contributed by atoms with Crippen LogP contribution in [0.15, 0.2) is 71.9 Å². The van der Waals surface area contributed by atoms with Gasteiger partial charge in [0.05, 0.1) is 28.8 Å². The summed E-state index contributed by atoms with van der Waals surface area (Å²) in [7, 11) is 0. The molecule has 2 aromatic carbocycles. The summed E-state index contributed by atoms with van der Waals surface area (Å²) in [6.07, 6.45) is 3.57. The van der Waals surface area contributed by atoms with Crippen LogP contribution in [0, 0.1) is 11.3 Å². The number of thiazole rings is 1. The molecule has 0 spiro atoms. The Morgan fingerprint density at radius 3 is 2.84 bits per heavy atom. The summed E-state index contributed by atoms with van der Waals surface area (Å²) in [5.74, 6) is -0.442. The third-order valence-electron chi connectivity index (χ3n) is 4.87. The average Bonchev–Trinajstić information content (AvgIpc) is 3.46. The number of nitrogens with one attached hydrogen (secondary N) is 2. The van der Waals surface area contributed by atoms with Crippen molar-refractivity contribution in [1.29, 1.82) is 5.26 Å². The first-order chi connectivity index (χ1) is 15.6. The maximum Gasteiger partial charge on any atom is 0.273 e. The molecule has 7 nitrogen and oxygen atoms in total. The van der Waals surface area contributed by atoms with Crippen molar-refractivity contribution >= 4 is 40.8 Å². The van der Waals surface area contributed by atoms with Gasteiger partial charge in [-0.05, 0) is 54.4 Å². The van der Waals surface area contributed by atoms with Crippen LogP contribution in [0.3, 0.4) is 0 Å². The number of hydrogen-bond acceptors (Lipinski definition) is 6. The normalized spacial score (nSPS) is 12.2. The maximum absolute atomic E-state index is 12.7. The van der Waals surface area contributed by atoms with Gasteiger partial charge in [-0.1, -0.05) is 12.1 Å². The molecule has 0 unspecified atom stereocenters. The van der Waals surface area contributed by atoms with Crippen molar-refractivity contribution in [3.63, 3.8) is 0 Å². The Labute approximate surface area is 191 Å².